The lowest BCUT2D eigenvalue weighted by atomic mass is 9.68. The summed E-state index contributed by atoms with van der Waals surface area (Å²) in [5.74, 6) is 10.0. The molecule has 0 radical (unpaired) electrons. The van der Waals surface area contributed by atoms with Gasteiger partial charge in [0.05, 0.1) is 0 Å². The van der Waals surface area contributed by atoms with Gasteiger partial charge in [0.1, 0.15) is 17.5 Å². The molecule has 3 aromatic rings. The summed E-state index contributed by atoms with van der Waals surface area (Å²) < 4.78 is 41.7. The fourth-order valence-electron chi connectivity index (χ4n) is 14.3. The van der Waals surface area contributed by atoms with Crippen LogP contribution in [0.2, 0.25) is 0 Å². The predicted molar refractivity (Wildman–Crippen MR) is 261 cm³/mol. The van der Waals surface area contributed by atoms with Crippen LogP contribution in [0.3, 0.4) is 0 Å². The van der Waals surface area contributed by atoms with Gasteiger partial charge in [0.2, 0.25) is 0 Å². The van der Waals surface area contributed by atoms with E-state index in [-0.39, 0.29) is 17.5 Å². The summed E-state index contributed by atoms with van der Waals surface area (Å²) in [6.07, 6.45) is 36.6. The van der Waals surface area contributed by atoms with E-state index in [1.165, 1.54) is 173 Å². The van der Waals surface area contributed by atoms with Crippen LogP contribution in [0.5, 0.6) is 0 Å². The molecule has 0 aliphatic heterocycles. The molecule has 0 heterocycles. The highest BCUT2D eigenvalue weighted by molar-refractivity contribution is 5.24. The molecule has 0 unspecified atom stereocenters. The molecular weight excluding hydrogens is 778 g/mol. The van der Waals surface area contributed by atoms with Crippen molar-refractivity contribution in [1.29, 1.82) is 0 Å². The van der Waals surface area contributed by atoms with Gasteiger partial charge in [-0.25, -0.2) is 13.2 Å². The van der Waals surface area contributed by atoms with Crippen molar-refractivity contribution in [3.05, 3.63) is 107 Å². The Hall–Kier alpha value is -2.55. The molecule has 9 rings (SSSR count). The monoisotopic (exact) mass is 865 g/mol. The zero-order chi connectivity index (χ0) is 44.0. The molecule has 0 spiro atoms. The van der Waals surface area contributed by atoms with Gasteiger partial charge in [-0.15, -0.1) is 0 Å². The molecule has 0 N–H and O–H groups in total. The van der Waals surface area contributed by atoms with Crippen molar-refractivity contribution in [1.82, 2.24) is 0 Å². The van der Waals surface area contributed by atoms with E-state index in [1.54, 1.807) is 36.4 Å². The first kappa shape index (κ1) is 48.4. The van der Waals surface area contributed by atoms with Crippen LogP contribution in [0.15, 0.2) is 72.8 Å². The van der Waals surface area contributed by atoms with Crippen molar-refractivity contribution >= 4 is 0 Å². The molecule has 6 saturated carbocycles. The second-order valence-corrected chi connectivity index (χ2v) is 22.2. The Bertz CT molecular complexity index is 1720. The minimum Gasteiger partial charge on any atom is -0.207 e. The molecule has 0 amide bonds. The maximum atomic E-state index is 13.9. The third-order valence-corrected chi connectivity index (χ3v) is 18.5. The van der Waals surface area contributed by atoms with E-state index in [2.05, 4.69) is 20.8 Å². The normalized spacial score (nSPS) is 33.8. The topological polar surface area (TPSA) is 0 Å². The Morgan fingerprint density at radius 3 is 0.905 bits per heavy atom. The number of halogens is 3. The van der Waals surface area contributed by atoms with E-state index >= 15 is 0 Å². The third-order valence-electron chi connectivity index (χ3n) is 18.5. The molecule has 6 fully saturated rings. The highest BCUT2D eigenvalue weighted by Crippen LogP contribution is 2.47. The zero-order valence-corrected chi connectivity index (χ0v) is 40.1. The molecule has 6 aliphatic rings. The second-order valence-electron chi connectivity index (χ2n) is 22.2. The van der Waals surface area contributed by atoms with Crippen molar-refractivity contribution in [2.45, 2.75) is 212 Å². The van der Waals surface area contributed by atoms with Gasteiger partial charge in [-0.1, -0.05) is 133 Å². The van der Waals surface area contributed by atoms with Gasteiger partial charge < -0.3 is 0 Å². The standard InChI is InChI=1S/C21H31F.C20H29F.C19H27F/c1-2-5-16-8-10-17(11-9-16)18-12-14-19(15-13-18)20-6-3-4-7-21(20)22;1-2-15-7-9-16(10-8-15)17-11-13-18(14-12-17)19-5-3-4-6-20(19)21;1-14-6-8-15(9-7-14)16-10-12-17(13-11-16)18-4-2-3-5-19(18)20/h3-4,6-7,16-19H,2,5,8-15H2,1H3;3-6,15-18H,2,7-14H2,1H3;2-5,14-17H,6-13H2,1H3. The molecule has 348 valence electrons. The molecule has 0 aromatic heterocycles. The fraction of sp³-hybridized carbons (Fsp3) is 0.700. The smallest absolute Gasteiger partial charge is 0.126 e. The fourth-order valence-corrected chi connectivity index (χ4v) is 14.3. The summed E-state index contributed by atoms with van der Waals surface area (Å²) in [5, 5.41) is 0. The van der Waals surface area contributed by atoms with Gasteiger partial charge in [0.15, 0.2) is 0 Å². The van der Waals surface area contributed by atoms with Crippen LogP contribution in [-0.4, -0.2) is 0 Å². The van der Waals surface area contributed by atoms with Crippen LogP contribution in [0.25, 0.3) is 0 Å². The van der Waals surface area contributed by atoms with E-state index in [0.29, 0.717) is 17.8 Å². The van der Waals surface area contributed by atoms with Gasteiger partial charge in [-0.2, -0.15) is 0 Å². The summed E-state index contributed by atoms with van der Waals surface area (Å²) in [6, 6.07) is 22.2. The molecule has 0 atom stereocenters. The summed E-state index contributed by atoms with van der Waals surface area (Å²) in [7, 11) is 0. The Balaban J connectivity index is 0.000000142. The lowest BCUT2D eigenvalue weighted by Gasteiger charge is -2.38. The van der Waals surface area contributed by atoms with Crippen LogP contribution < -0.4 is 0 Å². The minimum absolute atomic E-state index is 0.00226. The van der Waals surface area contributed by atoms with Crippen LogP contribution >= 0.6 is 0 Å². The molecule has 0 nitrogen and oxygen atoms in total. The van der Waals surface area contributed by atoms with Gasteiger partial charge in [-0.3, -0.25) is 0 Å². The average molecular weight is 865 g/mol. The summed E-state index contributed by atoms with van der Waals surface area (Å²) in [5.41, 5.74) is 2.89. The van der Waals surface area contributed by atoms with Crippen LogP contribution in [-0.2, 0) is 0 Å². The van der Waals surface area contributed by atoms with Crippen molar-refractivity contribution in [2.75, 3.05) is 0 Å². The first-order chi connectivity index (χ1) is 30.8. The van der Waals surface area contributed by atoms with Crippen LogP contribution in [0, 0.1) is 70.7 Å². The van der Waals surface area contributed by atoms with Gasteiger partial charge in [0.25, 0.3) is 0 Å². The summed E-state index contributed by atoms with van der Waals surface area (Å²) in [6.45, 7) is 7.05. The van der Waals surface area contributed by atoms with Gasteiger partial charge >= 0.3 is 0 Å². The summed E-state index contributed by atoms with van der Waals surface area (Å²) >= 11 is 0. The van der Waals surface area contributed by atoms with Crippen molar-refractivity contribution < 1.29 is 13.2 Å². The van der Waals surface area contributed by atoms with E-state index in [4.69, 9.17) is 0 Å². The SMILES string of the molecule is CC1CCC(C2CCC(c3ccccc3F)CC2)CC1.CCC1CCC(C2CCC(c3ccccc3F)CC2)CC1.CCCC1CCC(C2CCC(c3ccccc3F)CC2)CC1. The number of hydrogen-bond acceptors (Lipinski definition) is 0. The predicted octanol–water partition coefficient (Wildman–Crippen LogP) is 18.9. The lowest BCUT2D eigenvalue weighted by Crippen LogP contribution is -2.25. The minimum atomic E-state index is 0.00226. The van der Waals surface area contributed by atoms with Crippen LogP contribution in [0.4, 0.5) is 13.2 Å². The van der Waals surface area contributed by atoms with Crippen LogP contribution in [0.1, 0.15) is 229 Å². The van der Waals surface area contributed by atoms with Gasteiger partial charge in [-0.05, 0) is 221 Å². The molecule has 3 heteroatoms. The van der Waals surface area contributed by atoms with E-state index < -0.39 is 0 Å². The van der Waals surface area contributed by atoms with Crippen molar-refractivity contribution in [2.24, 2.45) is 53.3 Å². The molecule has 3 aromatic carbocycles. The number of rotatable bonds is 9. The highest BCUT2D eigenvalue weighted by Gasteiger charge is 2.34. The quantitative estimate of drug-likeness (QED) is 0.201. The van der Waals surface area contributed by atoms with E-state index in [9.17, 15) is 13.2 Å². The average Bonchev–Trinajstić information content (AvgIpc) is 3.33. The third kappa shape index (κ3) is 13.8. The lowest BCUT2D eigenvalue weighted by molar-refractivity contribution is 0.156. The summed E-state index contributed by atoms with van der Waals surface area (Å²) in [4.78, 5) is 0. The van der Waals surface area contributed by atoms with Crippen molar-refractivity contribution in [3.63, 3.8) is 0 Å². The Morgan fingerprint density at radius 1 is 0.349 bits per heavy atom. The Morgan fingerprint density at radius 2 is 0.619 bits per heavy atom. The van der Waals surface area contributed by atoms with Crippen molar-refractivity contribution in [3.8, 4) is 0 Å². The number of benzene rings is 3. The second kappa shape index (κ2) is 24.8. The Labute approximate surface area is 383 Å². The van der Waals surface area contributed by atoms with Gasteiger partial charge in [0, 0.05) is 0 Å². The molecule has 63 heavy (non-hydrogen) atoms. The zero-order valence-electron chi connectivity index (χ0n) is 40.1. The van der Waals surface area contributed by atoms with E-state index in [1.807, 2.05) is 36.4 Å². The maximum Gasteiger partial charge on any atom is 0.126 e. The Kier molecular flexibility index (Phi) is 19.1. The first-order valence-electron chi connectivity index (χ1n) is 27.0. The van der Waals surface area contributed by atoms with E-state index in [0.717, 1.165) is 70.0 Å². The molecule has 0 saturated heterocycles. The molecule has 0 bridgehead atoms. The maximum absolute atomic E-state index is 13.9. The first-order valence-corrected chi connectivity index (χ1v) is 27.0. The highest BCUT2D eigenvalue weighted by atomic mass is 19.1. The largest absolute Gasteiger partial charge is 0.207 e. The molecule has 6 aliphatic carbocycles. The number of hydrogen-bond donors (Lipinski definition) is 0. The molecular formula is C60H87F3.